The van der Waals surface area contributed by atoms with Crippen LogP contribution in [0.3, 0.4) is 0 Å². The van der Waals surface area contributed by atoms with Gasteiger partial charge in [0.25, 0.3) is 0 Å². The second-order valence-electron chi connectivity index (χ2n) is 4.24. The number of rotatable bonds is 2. The first-order valence-electron chi connectivity index (χ1n) is 6.56. The lowest BCUT2D eigenvalue weighted by Crippen LogP contribution is -2.42. The van der Waals surface area contributed by atoms with Gasteiger partial charge in [-0.15, -0.1) is 0 Å². The molecule has 1 aliphatic heterocycles. The molecular formula is C14H19N3OS. The van der Waals surface area contributed by atoms with Gasteiger partial charge in [-0.2, -0.15) is 0 Å². The molecule has 0 aromatic heterocycles. The second kappa shape index (κ2) is 7.21. The summed E-state index contributed by atoms with van der Waals surface area (Å²) in [4.78, 5) is 6.79. The number of hydrogen-bond acceptors (Lipinski definition) is 2. The summed E-state index contributed by atoms with van der Waals surface area (Å²) >= 11 is 5.24. The molecule has 1 aromatic carbocycles. The van der Waals surface area contributed by atoms with E-state index in [0.717, 1.165) is 44.2 Å². The van der Waals surface area contributed by atoms with Crippen LogP contribution in [-0.4, -0.2) is 48.7 Å². The summed E-state index contributed by atoms with van der Waals surface area (Å²) in [5.74, 6) is 0.926. The van der Waals surface area contributed by atoms with E-state index in [-0.39, 0.29) is 0 Å². The van der Waals surface area contributed by atoms with Gasteiger partial charge in [0.05, 0.1) is 13.2 Å². The molecule has 0 unspecified atom stereocenters. The molecule has 19 heavy (non-hydrogen) atoms. The summed E-state index contributed by atoms with van der Waals surface area (Å²) in [6, 6.07) is 10.2. The first kappa shape index (κ1) is 14.0. The highest BCUT2D eigenvalue weighted by molar-refractivity contribution is 7.80. The molecule has 0 aliphatic carbocycles. The third kappa shape index (κ3) is 4.01. The Labute approximate surface area is 119 Å². The maximum absolute atomic E-state index is 5.39. The van der Waals surface area contributed by atoms with E-state index in [1.54, 1.807) is 0 Å². The van der Waals surface area contributed by atoms with Crippen LogP contribution < -0.4 is 5.32 Å². The molecule has 5 heteroatoms. The van der Waals surface area contributed by atoms with Crippen LogP contribution >= 0.6 is 12.2 Å². The Balaban J connectivity index is 2.24. The third-order valence-corrected chi connectivity index (χ3v) is 3.11. The number of thiocarbonyl (C=S) groups is 1. The van der Waals surface area contributed by atoms with Crippen LogP contribution in [0.1, 0.15) is 12.5 Å². The SMILES string of the molecule is CCNC(=S)N=C(c1ccccc1)N1CCOCC1. The van der Waals surface area contributed by atoms with Crippen LogP contribution in [0.25, 0.3) is 0 Å². The first-order valence-corrected chi connectivity index (χ1v) is 6.96. The molecule has 1 heterocycles. The van der Waals surface area contributed by atoms with Crippen LogP contribution in [0.15, 0.2) is 35.3 Å². The quantitative estimate of drug-likeness (QED) is 0.507. The van der Waals surface area contributed by atoms with Gasteiger partial charge in [0.15, 0.2) is 5.11 Å². The largest absolute Gasteiger partial charge is 0.378 e. The lowest BCUT2D eigenvalue weighted by molar-refractivity contribution is 0.0683. The van der Waals surface area contributed by atoms with Crippen molar-refractivity contribution in [2.24, 2.45) is 4.99 Å². The van der Waals surface area contributed by atoms with Gasteiger partial charge in [0.2, 0.25) is 0 Å². The Hall–Kier alpha value is -1.46. The number of nitrogens with one attached hydrogen (secondary N) is 1. The average Bonchev–Trinajstić information content (AvgIpc) is 2.47. The van der Waals surface area contributed by atoms with E-state index >= 15 is 0 Å². The van der Waals surface area contributed by atoms with Gasteiger partial charge in [-0.1, -0.05) is 30.3 Å². The Morgan fingerprint density at radius 3 is 2.63 bits per heavy atom. The Morgan fingerprint density at radius 1 is 1.32 bits per heavy atom. The zero-order valence-corrected chi connectivity index (χ0v) is 11.9. The molecule has 1 aromatic rings. The fourth-order valence-electron chi connectivity index (χ4n) is 1.97. The molecule has 1 N–H and O–H groups in total. The number of aliphatic imine (C=N–C) groups is 1. The van der Waals surface area contributed by atoms with Crippen LogP contribution in [0, 0.1) is 0 Å². The predicted octanol–water partition coefficient (Wildman–Crippen LogP) is 1.66. The summed E-state index contributed by atoms with van der Waals surface area (Å²) in [5.41, 5.74) is 1.09. The summed E-state index contributed by atoms with van der Waals surface area (Å²) in [5, 5.41) is 3.61. The highest BCUT2D eigenvalue weighted by atomic mass is 32.1. The van der Waals surface area contributed by atoms with Crippen LogP contribution in [-0.2, 0) is 4.74 Å². The van der Waals surface area contributed by atoms with E-state index in [1.807, 2.05) is 25.1 Å². The van der Waals surface area contributed by atoms with Crippen molar-refractivity contribution in [2.45, 2.75) is 6.92 Å². The fraction of sp³-hybridized carbons (Fsp3) is 0.429. The summed E-state index contributed by atoms with van der Waals surface area (Å²) in [6.45, 7) is 5.97. The Bertz CT molecular complexity index is 441. The molecular weight excluding hydrogens is 258 g/mol. The van der Waals surface area contributed by atoms with Gasteiger partial charge >= 0.3 is 0 Å². The van der Waals surface area contributed by atoms with Crippen LogP contribution in [0.5, 0.6) is 0 Å². The minimum absolute atomic E-state index is 0.535. The van der Waals surface area contributed by atoms with E-state index in [1.165, 1.54) is 0 Å². The highest BCUT2D eigenvalue weighted by Crippen LogP contribution is 2.09. The monoisotopic (exact) mass is 277 g/mol. The summed E-state index contributed by atoms with van der Waals surface area (Å²) in [7, 11) is 0. The predicted molar refractivity (Wildman–Crippen MR) is 81.6 cm³/mol. The molecule has 1 fully saturated rings. The van der Waals surface area contributed by atoms with Crippen molar-refractivity contribution in [3.8, 4) is 0 Å². The number of benzene rings is 1. The van der Waals surface area contributed by atoms with Gasteiger partial charge < -0.3 is 15.0 Å². The molecule has 0 atom stereocenters. The number of hydrogen-bond donors (Lipinski definition) is 1. The normalized spacial score (nSPS) is 16.3. The Kier molecular flexibility index (Phi) is 5.30. The van der Waals surface area contributed by atoms with E-state index in [2.05, 4.69) is 27.3 Å². The summed E-state index contributed by atoms with van der Waals surface area (Å²) < 4.78 is 5.39. The molecule has 2 rings (SSSR count). The third-order valence-electron chi connectivity index (χ3n) is 2.88. The summed E-state index contributed by atoms with van der Waals surface area (Å²) in [6.07, 6.45) is 0. The van der Waals surface area contributed by atoms with Crippen molar-refractivity contribution in [1.82, 2.24) is 10.2 Å². The average molecular weight is 277 g/mol. The van der Waals surface area contributed by atoms with Gasteiger partial charge in [-0.3, -0.25) is 0 Å². The molecule has 4 nitrogen and oxygen atoms in total. The van der Waals surface area contributed by atoms with E-state index in [9.17, 15) is 0 Å². The van der Waals surface area contributed by atoms with Gasteiger partial charge in [0, 0.05) is 25.2 Å². The fourth-order valence-corrected chi connectivity index (χ4v) is 2.20. The van der Waals surface area contributed by atoms with Crippen molar-refractivity contribution in [2.75, 3.05) is 32.8 Å². The number of ether oxygens (including phenoxy) is 1. The van der Waals surface area contributed by atoms with E-state index < -0.39 is 0 Å². The smallest absolute Gasteiger partial charge is 0.194 e. The second-order valence-corrected chi connectivity index (χ2v) is 4.62. The molecule has 1 aliphatic rings. The molecule has 0 amide bonds. The van der Waals surface area contributed by atoms with Gasteiger partial charge in [-0.05, 0) is 19.1 Å². The maximum atomic E-state index is 5.39. The van der Waals surface area contributed by atoms with Crippen molar-refractivity contribution >= 4 is 23.2 Å². The first-order chi connectivity index (χ1) is 9.31. The van der Waals surface area contributed by atoms with Crippen LogP contribution in [0.2, 0.25) is 0 Å². The van der Waals surface area contributed by atoms with Gasteiger partial charge in [0.1, 0.15) is 5.84 Å². The minimum Gasteiger partial charge on any atom is -0.378 e. The van der Waals surface area contributed by atoms with E-state index in [4.69, 9.17) is 17.0 Å². The number of morpholine rings is 1. The van der Waals surface area contributed by atoms with E-state index in [0.29, 0.717) is 5.11 Å². The lowest BCUT2D eigenvalue weighted by Gasteiger charge is -2.30. The standard InChI is InChI=1S/C14H19N3OS/c1-2-15-14(19)16-13(12-6-4-3-5-7-12)17-8-10-18-11-9-17/h3-7H,2,8-11H2,1H3,(H,15,19). The van der Waals surface area contributed by atoms with Gasteiger partial charge in [-0.25, -0.2) is 4.99 Å². The van der Waals surface area contributed by atoms with Crippen molar-refractivity contribution in [3.05, 3.63) is 35.9 Å². The minimum atomic E-state index is 0.535. The lowest BCUT2D eigenvalue weighted by atomic mass is 10.2. The molecule has 0 bridgehead atoms. The molecule has 0 spiro atoms. The molecule has 0 saturated carbocycles. The van der Waals surface area contributed by atoms with Crippen LogP contribution in [0.4, 0.5) is 0 Å². The topological polar surface area (TPSA) is 36.9 Å². The molecule has 0 radical (unpaired) electrons. The van der Waals surface area contributed by atoms with Crippen molar-refractivity contribution < 1.29 is 4.74 Å². The maximum Gasteiger partial charge on any atom is 0.194 e. The molecule has 1 saturated heterocycles. The number of amidine groups is 1. The Morgan fingerprint density at radius 2 is 2.00 bits per heavy atom. The number of nitrogens with zero attached hydrogens (tertiary/aromatic N) is 2. The zero-order chi connectivity index (χ0) is 13.5. The zero-order valence-electron chi connectivity index (χ0n) is 11.1. The highest BCUT2D eigenvalue weighted by Gasteiger charge is 2.17. The van der Waals surface area contributed by atoms with Crippen molar-refractivity contribution in [3.63, 3.8) is 0 Å². The molecule has 102 valence electrons. The van der Waals surface area contributed by atoms with Crippen molar-refractivity contribution in [1.29, 1.82) is 0 Å².